The molecule has 2 atom stereocenters. The molecule has 2 aliphatic heterocycles. The third-order valence-corrected chi connectivity index (χ3v) is 5.57. The molecular weight excluding hydrogens is 315 g/mol. The molecule has 2 aliphatic rings. The van der Waals surface area contributed by atoms with Crippen LogP contribution in [0.4, 0.5) is 18.0 Å². The maximum Gasteiger partial charge on any atom is 0.401 e. The van der Waals surface area contributed by atoms with E-state index in [2.05, 4.69) is 12.2 Å². The molecule has 22 heavy (non-hydrogen) atoms. The summed E-state index contributed by atoms with van der Waals surface area (Å²) in [4.78, 5) is 15.4. The number of amides is 2. The Kier molecular flexibility index (Phi) is 6.26. The normalized spacial score (nSPS) is 27.2. The molecule has 0 aliphatic carbocycles. The van der Waals surface area contributed by atoms with Crippen LogP contribution in [0.25, 0.3) is 0 Å². The van der Waals surface area contributed by atoms with Crippen molar-refractivity contribution in [2.75, 3.05) is 45.0 Å². The molecule has 0 aromatic heterocycles. The zero-order chi connectivity index (χ0) is 16.2. The first kappa shape index (κ1) is 17.7. The summed E-state index contributed by atoms with van der Waals surface area (Å²) in [6.45, 7) is 4.11. The molecule has 0 aromatic carbocycles. The van der Waals surface area contributed by atoms with Gasteiger partial charge in [-0.15, -0.1) is 0 Å². The minimum Gasteiger partial charge on any atom is -0.338 e. The van der Waals surface area contributed by atoms with Crippen molar-refractivity contribution in [3.8, 4) is 0 Å². The lowest BCUT2D eigenvalue weighted by Crippen LogP contribution is -2.48. The highest BCUT2D eigenvalue weighted by Gasteiger charge is 2.34. The van der Waals surface area contributed by atoms with Gasteiger partial charge < -0.3 is 10.2 Å². The molecule has 2 saturated heterocycles. The Morgan fingerprint density at radius 1 is 1.32 bits per heavy atom. The fourth-order valence-corrected chi connectivity index (χ4v) is 4.15. The molecule has 2 heterocycles. The van der Waals surface area contributed by atoms with Crippen LogP contribution in [-0.2, 0) is 0 Å². The third-order valence-electron chi connectivity index (χ3n) is 4.20. The lowest BCUT2D eigenvalue weighted by Gasteiger charge is -2.32. The summed E-state index contributed by atoms with van der Waals surface area (Å²) in [7, 11) is 0. The monoisotopic (exact) mass is 339 g/mol. The first-order valence-corrected chi connectivity index (χ1v) is 8.85. The Bertz CT molecular complexity index is 381. The number of rotatable bonds is 4. The van der Waals surface area contributed by atoms with Gasteiger partial charge in [-0.2, -0.15) is 24.9 Å². The van der Waals surface area contributed by atoms with Crippen molar-refractivity contribution in [3.63, 3.8) is 0 Å². The summed E-state index contributed by atoms with van der Waals surface area (Å²) >= 11 is 1.90. The summed E-state index contributed by atoms with van der Waals surface area (Å²) < 4.78 is 37.0. The van der Waals surface area contributed by atoms with Gasteiger partial charge in [0.2, 0.25) is 0 Å². The lowest BCUT2D eigenvalue weighted by atomic mass is 10.1. The molecule has 4 nitrogen and oxygen atoms in total. The number of hydrogen-bond acceptors (Lipinski definition) is 3. The Morgan fingerprint density at radius 2 is 2.09 bits per heavy atom. The zero-order valence-corrected chi connectivity index (χ0v) is 13.7. The number of nitrogens with one attached hydrogen (secondary N) is 1. The molecule has 0 spiro atoms. The molecule has 0 aromatic rings. The van der Waals surface area contributed by atoms with E-state index in [0.29, 0.717) is 31.3 Å². The Balaban J connectivity index is 1.69. The number of hydrogen-bond donors (Lipinski definition) is 1. The van der Waals surface area contributed by atoms with E-state index in [4.69, 9.17) is 0 Å². The number of nitrogens with zero attached hydrogens (tertiary/aromatic N) is 2. The highest BCUT2D eigenvalue weighted by atomic mass is 32.2. The van der Waals surface area contributed by atoms with E-state index >= 15 is 0 Å². The highest BCUT2D eigenvalue weighted by Crippen LogP contribution is 2.23. The van der Waals surface area contributed by atoms with E-state index in [1.165, 1.54) is 4.90 Å². The van der Waals surface area contributed by atoms with Gasteiger partial charge in [0.25, 0.3) is 0 Å². The second kappa shape index (κ2) is 7.77. The van der Waals surface area contributed by atoms with Crippen molar-refractivity contribution in [3.05, 3.63) is 0 Å². The second-order valence-electron chi connectivity index (χ2n) is 6.04. The third kappa shape index (κ3) is 5.53. The van der Waals surface area contributed by atoms with Gasteiger partial charge >= 0.3 is 12.2 Å². The van der Waals surface area contributed by atoms with Crippen molar-refractivity contribution >= 4 is 17.8 Å². The van der Waals surface area contributed by atoms with Crippen LogP contribution in [0.2, 0.25) is 0 Å². The van der Waals surface area contributed by atoms with E-state index in [-0.39, 0.29) is 11.9 Å². The average molecular weight is 339 g/mol. The van der Waals surface area contributed by atoms with Gasteiger partial charge in [0, 0.05) is 37.2 Å². The molecule has 2 fully saturated rings. The van der Waals surface area contributed by atoms with Gasteiger partial charge in [-0.3, -0.25) is 4.90 Å². The first-order chi connectivity index (χ1) is 10.4. The van der Waals surface area contributed by atoms with Crippen LogP contribution < -0.4 is 5.32 Å². The Hall–Kier alpha value is -0.630. The minimum absolute atomic E-state index is 0.0759. The van der Waals surface area contributed by atoms with E-state index in [9.17, 15) is 18.0 Å². The quantitative estimate of drug-likeness (QED) is 0.854. The molecule has 8 heteroatoms. The molecule has 0 bridgehead atoms. The molecule has 2 rings (SSSR count). The number of alkyl halides is 3. The number of carbonyl (C=O) groups is 1. The van der Waals surface area contributed by atoms with Crippen molar-refractivity contribution in [2.24, 2.45) is 5.92 Å². The van der Waals surface area contributed by atoms with Gasteiger partial charge in [-0.05, 0) is 25.3 Å². The predicted octanol–water partition coefficient (Wildman–Crippen LogP) is 2.41. The van der Waals surface area contributed by atoms with Crippen LogP contribution in [0.15, 0.2) is 0 Å². The fraction of sp³-hybridized carbons (Fsp3) is 0.929. The number of thioether (sulfide) groups is 1. The topological polar surface area (TPSA) is 35.6 Å². The number of urea groups is 1. The van der Waals surface area contributed by atoms with E-state index in [0.717, 1.165) is 25.3 Å². The first-order valence-electron chi connectivity index (χ1n) is 7.81. The number of halogens is 3. The van der Waals surface area contributed by atoms with E-state index in [1.807, 2.05) is 16.7 Å². The van der Waals surface area contributed by atoms with Crippen LogP contribution >= 0.6 is 11.8 Å². The van der Waals surface area contributed by atoms with Crippen molar-refractivity contribution in [1.82, 2.24) is 15.1 Å². The van der Waals surface area contributed by atoms with Crippen LogP contribution in [0, 0.1) is 5.92 Å². The van der Waals surface area contributed by atoms with E-state index < -0.39 is 12.7 Å². The van der Waals surface area contributed by atoms with Crippen molar-refractivity contribution in [2.45, 2.75) is 31.2 Å². The SMILES string of the molecule is CC[C@H]1CN(C(=O)NC[C@@H]2CCN(CC(F)(F)F)C2)CCS1. The van der Waals surface area contributed by atoms with Crippen LogP contribution in [0.5, 0.6) is 0 Å². The second-order valence-corrected chi connectivity index (χ2v) is 7.45. The molecule has 0 saturated carbocycles. The molecule has 128 valence electrons. The Morgan fingerprint density at radius 3 is 2.77 bits per heavy atom. The summed E-state index contributed by atoms with van der Waals surface area (Å²) in [6, 6.07) is -0.0759. The zero-order valence-electron chi connectivity index (χ0n) is 12.9. The smallest absolute Gasteiger partial charge is 0.338 e. The Labute approximate surface area is 133 Å². The van der Waals surface area contributed by atoms with Gasteiger partial charge in [0.15, 0.2) is 0 Å². The largest absolute Gasteiger partial charge is 0.401 e. The number of likely N-dealkylation sites (tertiary alicyclic amines) is 1. The van der Waals surface area contributed by atoms with Gasteiger partial charge in [0.1, 0.15) is 0 Å². The van der Waals surface area contributed by atoms with Gasteiger partial charge in [-0.1, -0.05) is 6.92 Å². The molecule has 1 N–H and O–H groups in total. The lowest BCUT2D eigenvalue weighted by molar-refractivity contribution is -0.143. The standard InChI is InChI=1S/C14H24F3N3OS/c1-2-12-9-20(5-6-22-12)13(21)18-7-11-3-4-19(8-11)10-14(15,16)17/h11-12H,2-10H2,1H3,(H,18,21)/t11-,12-/m0/s1. The maximum absolute atomic E-state index is 12.3. The highest BCUT2D eigenvalue weighted by molar-refractivity contribution is 8.00. The average Bonchev–Trinajstić information content (AvgIpc) is 2.90. The van der Waals surface area contributed by atoms with Crippen LogP contribution in [0.3, 0.4) is 0 Å². The molecule has 0 unspecified atom stereocenters. The minimum atomic E-state index is -4.14. The van der Waals surface area contributed by atoms with Crippen LogP contribution in [0.1, 0.15) is 19.8 Å². The maximum atomic E-state index is 12.3. The fourth-order valence-electron chi connectivity index (χ4n) is 2.97. The van der Waals surface area contributed by atoms with Gasteiger partial charge in [0.05, 0.1) is 6.54 Å². The van der Waals surface area contributed by atoms with Crippen molar-refractivity contribution in [1.29, 1.82) is 0 Å². The molecule has 0 radical (unpaired) electrons. The summed E-state index contributed by atoms with van der Waals surface area (Å²) in [5.74, 6) is 1.07. The van der Waals surface area contributed by atoms with Gasteiger partial charge in [-0.25, -0.2) is 4.79 Å². The predicted molar refractivity (Wildman–Crippen MR) is 82.1 cm³/mol. The van der Waals surface area contributed by atoms with Crippen LogP contribution in [-0.4, -0.2) is 72.3 Å². The summed E-state index contributed by atoms with van der Waals surface area (Å²) in [5, 5.41) is 3.39. The van der Waals surface area contributed by atoms with E-state index in [1.54, 1.807) is 0 Å². The summed E-state index contributed by atoms with van der Waals surface area (Å²) in [5.41, 5.74) is 0. The summed E-state index contributed by atoms with van der Waals surface area (Å²) in [6.07, 6.45) is -2.38. The van der Waals surface area contributed by atoms with Crippen molar-refractivity contribution < 1.29 is 18.0 Å². The molecule has 2 amide bonds. The number of carbonyl (C=O) groups excluding carboxylic acids is 1. The molecular formula is C14H24F3N3OS.